The number of anilines is 1. The molecule has 1 atom stereocenters. The number of amides is 1. The second-order valence-electron chi connectivity index (χ2n) is 7.66. The highest BCUT2D eigenvalue weighted by molar-refractivity contribution is 7.80. The van der Waals surface area contributed by atoms with E-state index in [1.807, 2.05) is 77.7 Å². The molecule has 1 amide bonds. The lowest BCUT2D eigenvalue weighted by atomic mass is 10.0. The van der Waals surface area contributed by atoms with Crippen LogP contribution in [-0.2, 0) is 17.8 Å². The number of rotatable bonds is 8. The summed E-state index contributed by atoms with van der Waals surface area (Å²) in [4.78, 5) is 17.2. The molecular weight excluding hydrogens is 436 g/mol. The lowest BCUT2D eigenvalue weighted by molar-refractivity contribution is -0.119. The molecule has 6 nitrogen and oxygen atoms in total. The van der Waals surface area contributed by atoms with Gasteiger partial charge in [-0.15, -0.1) is 0 Å². The van der Waals surface area contributed by atoms with Crippen molar-refractivity contribution in [3.05, 3.63) is 83.9 Å². The molecule has 3 aromatic carbocycles. The summed E-state index contributed by atoms with van der Waals surface area (Å²) in [6.45, 7) is 0.419. The Kier molecular flexibility index (Phi) is 6.79. The molecule has 1 saturated heterocycles. The van der Waals surface area contributed by atoms with Crippen LogP contribution in [0.25, 0.3) is 0 Å². The minimum absolute atomic E-state index is 0.0394. The molecule has 0 aliphatic carbocycles. The number of methoxy groups -OCH3 is 3. The second-order valence-corrected chi connectivity index (χ2v) is 8.02. The number of para-hydroxylation sites is 1. The average molecular weight is 463 g/mol. The van der Waals surface area contributed by atoms with Gasteiger partial charge in [-0.1, -0.05) is 48.5 Å². The maximum absolute atomic E-state index is 13.6. The first kappa shape index (κ1) is 22.6. The number of ether oxygens (including phenoxy) is 3. The summed E-state index contributed by atoms with van der Waals surface area (Å²) in [6.07, 6.45) is 0.549. The van der Waals surface area contributed by atoms with Crippen LogP contribution >= 0.6 is 12.2 Å². The van der Waals surface area contributed by atoms with Crippen molar-refractivity contribution in [1.82, 2.24) is 4.90 Å². The van der Waals surface area contributed by atoms with Crippen LogP contribution in [0.2, 0.25) is 0 Å². The number of carbonyl (C=O) groups is 1. The van der Waals surface area contributed by atoms with Crippen molar-refractivity contribution < 1.29 is 19.0 Å². The van der Waals surface area contributed by atoms with E-state index in [1.54, 1.807) is 26.2 Å². The fraction of sp³-hybridized carbons (Fsp3) is 0.231. The normalized spacial score (nSPS) is 15.7. The molecule has 4 rings (SSSR count). The minimum atomic E-state index is -0.431. The number of nitrogens with zero attached hydrogens (tertiary/aromatic N) is 2. The molecular formula is C26H26N2O4S. The van der Waals surface area contributed by atoms with Crippen LogP contribution in [0.4, 0.5) is 5.69 Å². The van der Waals surface area contributed by atoms with Gasteiger partial charge in [-0.3, -0.25) is 9.69 Å². The van der Waals surface area contributed by atoms with Crippen LogP contribution in [-0.4, -0.2) is 43.3 Å². The zero-order chi connectivity index (χ0) is 23.4. The van der Waals surface area contributed by atoms with Crippen LogP contribution in [0, 0.1) is 0 Å². The monoisotopic (exact) mass is 462 g/mol. The molecule has 33 heavy (non-hydrogen) atoms. The van der Waals surface area contributed by atoms with Crippen LogP contribution in [0.3, 0.4) is 0 Å². The lowest BCUT2D eigenvalue weighted by Crippen LogP contribution is -2.36. The van der Waals surface area contributed by atoms with Gasteiger partial charge < -0.3 is 19.1 Å². The predicted molar refractivity (Wildman–Crippen MR) is 132 cm³/mol. The molecule has 0 saturated carbocycles. The molecule has 0 aromatic heterocycles. The van der Waals surface area contributed by atoms with E-state index in [-0.39, 0.29) is 5.91 Å². The van der Waals surface area contributed by atoms with Gasteiger partial charge in [-0.2, -0.15) is 0 Å². The maximum Gasteiger partial charge on any atom is 0.256 e. The fourth-order valence-electron chi connectivity index (χ4n) is 4.09. The smallest absolute Gasteiger partial charge is 0.256 e. The van der Waals surface area contributed by atoms with E-state index in [9.17, 15) is 4.79 Å². The van der Waals surface area contributed by atoms with Crippen molar-refractivity contribution in [3.8, 4) is 17.2 Å². The zero-order valence-corrected chi connectivity index (χ0v) is 19.7. The van der Waals surface area contributed by atoms with Gasteiger partial charge in [0.15, 0.2) is 16.6 Å². The summed E-state index contributed by atoms with van der Waals surface area (Å²) < 4.78 is 16.5. The molecule has 3 aromatic rings. The van der Waals surface area contributed by atoms with Crippen molar-refractivity contribution in [1.29, 1.82) is 0 Å². The molecule has 0 radical (unpaired) electrons. The highest BCUT2D eigenvalue weighted by Crippen LogP contribution is 2.39. The van der Waals surface area contributed by atoms with E-state index >= 15 is 0 Å². The van der Waals surface area contributed by atoms with Gasteiger partial charge in [-0.05, 0) is 47.6 Å². The Morgan fingerprint density at radius 2 is 1.39 bits per heavy atom. The average Bonchev–Trinajstić information content (AvgIpc) is 3.08. The highest BCUT2D eigenvalue weighted by Gasteiger charge is 2.43. The SMILES string of the molecule is COc1cc(CN2C(=S)N(c3ccccc3)C(=O)[C@@H]2Cc2ccccc2)cc(OC)c1OC. The largest absolute Gasteiger partial charge is 0.493 e. The van der Waals surface area contributed by atoms with Gasteiger partial charge in [0.1, 0.15) is 6.04 Å². The fourth-order valence-corrected chi connectivity index (χ4v) is 4.48. The molecule has 1 fully saturated rings. The number of hydrogen-bond acceptors (Lipinski definition) is 5. The summed E-state index contributed by atoms with van der Waals surface area (Å²) in [6, 6.07) is 22.8. The van der Waals surface area contributed by atoms with E-state index < -0.39 is 6.04 Å². The molecule has 0 spiro atoms. The molecule has 0 unspecified atom stereocenters. The Hall–Kier alpha value is -3.58. The number of thiocarbonyl (C=S) groups is 1. The van der Waals surface area contributed by atoms with Gasteiger partial charge in [-0.25, -0.2) is 0 Å². The Morgan fingerprint density at radius 1 is 0.818 bits per heavy atom. The van der Waals surface area contributed by atoms with Crippen molar-refractivity contribution in [2.45, 2.75) is 19.0 Å². The Morgan fingerprint density at radius 3 is 1.94 bits per heavy atom. The Bertz CT molecular complexity index is 1110. The zero-order valence-electron chi connectivity index (χ0n) is 18.9. The second kappa shape index (κ2) is 9.92. The van der Waals surface area contributed by atoms with Gasteiger partial charge in [0.25, 0.3) is 5.91 Å². The molecule has 1 heterocycles. The topological polar surface area (TPSA) is 51.2 Å². The number of benzene rings is 3. The highest BCUT2D eigenvalue weighted by atomic mass is 32.1. The van der Waals surface area contributed by atoms with E-state index in [0.717, 1.165) is 16.8 Å². The molecule has 170 valence electrons. The van der Waals surface area contributed by atoms with Gasteiger partial charge in [0, 0.05) is 13.0 Å². The summed E-state index contributed by atoms with van der Waals surface area (Å²) >= 11 is 5.83. The maximum atomic E-state index is 13.6. The third-order valence-electron chi connectivity index (χ3n) is 5.68. The number of carbonyl (C=O) groups excluding carboxylic acids is 1. The van der Waals surface area contributed by atoms with Crippen molar-refractivity contribution in [2.24, 2.45) is 0 Å². The van der Waals surface area contributed by atoms with Crippen LogP contribution in [0.1, 0.15) is 11.1 Å². The number of hydrogen-bond donors (Lipinski definition) is 0. The summed E-state index contributed by atoms with van der Waals surface area (Å²) in [5.74, 6) is 1.60. The molecule has 1 aliphatic rings. The van der Waals surface area contributed by atoms with Crippen molar-refractivity contribution >= 4 is 28.9 Å². The van der Waals surface area contributed by atoms with Crippen LogP contribution in [0.5, 0.6) is 17.2 Å². The van der Waals surface area contributed by atoms with Crippen LogP contribution < -0.4 is 19.1 Å². The Labute approximate surface area is 199 Å². The summed E-state index contributed by atoms with van der Waals surface area (Å²) in [5, 5.41) is 0.473. The van der Waals surface area contributed by atoms with E-state index in [1.165, 1.54) is 0 Å². The minimum Gasteiger partial charge on any atom is -0.493 e. The van der Waals surface area contributed by atoms with E-state index in [4.69, 9.17) is 26.4 Å². The van der Waals surface area contributed by atoms with Gasteiger partial charge in [0.2, 0.25) is 5.75 Å². The summed E-state index contributed by atoms with van der Waals surface area (Å²) in [5.41, 5.74) is 2.73. The summed E-state index contributed by atoms with van der Waals surface area (Å²) in [7, 11) is 4.74. The molecule has 0 bridgehead atoms. The third-order valence-corrected chi connectivity index (χ3v) is 6.10. The first-order valence-electron chi connectivity index (χ1n) is 10.6. The quantitative estimate of drug-likeness (QED) is 0.461. The predicted octanol–water partition coefficient (Wildman–Crippen LogP) is 4.46. The standard InChI is InChI=1S/C26H26N2O4S/c1-30-22-15-19(16-23(31-2)24(22)32-3)17-27-21(14-18-10-6-4-7-11-18)25(29)28(26(27)33)20-12-8-5-9-13-20/h4-13,15-16,21H,14,17H2,1-3H3/t21-/m0/s1. The third kappa shape index (κ3) is 4.50. The van der Waals surface area contributed by atoms with Gasteiger partial charge >= 0.3 is 0 Å². The molecule has 7 heteroatoms. The molecule has 1 aliphatic heterocycles. The Balaban J connectivity index is 1.72. The first-order valence-corrected chi connectivity index (χ1v) is 11.0. The molecule has 0 N–H and O–H groups in total. The lowest BCUT2D eigenvalue weighted by Gasteiger charge is -2.25. The van der Waals surface area contributed by atoms with Crippen molar-refractivity contribution in [3.63, 3.8) is 0 Å². The van der Waals surface area contributed by atoms with Gasteiger partial charge in [0.05, 0.1) is 27.0 Å². The van der Waals surface area contributed by atoms with Crippen molar-refractivity contribution in [2.75, 3.05) is 26.2 Å². The first-order chi connectivity index (χ1) is 16.1. The van der Waals surface area contributed by atoms with Crippen LogP contribution in [0.15, 0.2) is 72.8 Å². The van der Waals surface area contributed by atoms with E-state index in [2.05, 4.69) is 0 Å². The van der Waals surface area contributed by atoms with E-state index in [0.29, 0.717) is 35.3 Å².